The summed E-state index contributed by atoms with van der Waals surface area (Å²) in [4.78, 5) is 32.6. The van der Waals surface area contributed by atoms with E-state index in [2.05, 4.69) is 4.98 Å². The van der Waals surface area contributed by atoms with Crippen molar-refractivity contribution in [2.75, 3.05) is 44.4 Å². The number of anilines is 1. The van der Waals surface area contributed by atoms with Crippen LogP contribution in [0.1, 0.15) is 31.0 Å². The van der Waals surface area contributed by atoms with Crippen LogP contribution >= 0.6 is 0 Å². The van der Waals surface area contributed by atoms with Gasteiger partial charge in [0.2, 0.25) is 5.91 Å². The quantitative estimate of drug-likeness (QED) is 0.488. The molecule has 0 saturated carbocycles. The third-order valence-electron chi connectivity index (χ3n) is 7.50. The van der Waals surface area contributed by atoms with Gasteiger partial charge in [-0.1, -0.05) is 0 Å². The zero-order valence-electron chi connectivity index (χ0n) is 21.9. The van der Waals surface area contributed by atoms with Crippen molar-refractivity contribution in [1.29, 1.82) is 0 Å². The number of nitrogens with zero attached hydrogens (tertiary/aromatic N) is 4. The van der Waals surface area contributed by atoms with Crippen molar-refractivity contribution >= 4 is 23.3 Å². The Morgan fingerprint density at radius 3 is 2.64 bits per heavy atom. The predicted molar refractivity (Wildman–Crippen MR) is 138 cm³/mol. The van der Waals surface area contributed by atoms with E-state index in [-0.39, 0.29) is 35.8 Å². The summed E-state index contributed by atoms with van der Waals surface area (Å²) in [5, 5.41) is 0. The average Bonchev–Trinajstić information content (AvgIpc) is 3.46. The molecule has 9 nitrogen and oxygen atoms in total. The van der Waals surface area contributed by atoms with Crippen molar-refractivity contribution in [3.05, 3.63) is 53.4 Å². The highest BCUT2D eigenvalue weighted by Crippen LogP contribution is 2.35. The van der Waals surface area contributed by atoms with Gasteiger partial charge in [-0.3, -0.25) is 4.79 Å². The molecule has 0 aliphatic carbocycles. The van der Waals surface area contributed by atoms with Gasteiger partial charge in [0.25, 0.3) is 0 Å². The summed E-state index contributed by atoms with van der Waals surface area (Å²) >= 11 is 0. The van der Waals surface area contributed by atoms with Gasteiger partial charge in [-0.25, -0.2) is 18.6 Å². The van der Waals surface area contributed by atoms with E-state index in [0.29, 0.717) is 57.1 Å². The number of hydrogen-bond acceptors (Lipinski definition) is 6. The molecular weight excluding hydrogens is 510 g/mol. The van der Waals surface area contributed by atoms with Gasteiger partial charge in [-0.05, 0) is 50.1 Å². The number of ether oxygens (including phenoxy) is 3. The predicted octanol–water partition coefficient (Wildman–Crippen LogP) is 3.88. The molecular formula is C28H30F2N4O5. The molecule has 5 heterocycles. The summed E-state index contributed by atoms with van der Waals surface area (Å²) in [7, 11) is 0. The minimum Gasteiger partial charge on any atom is -0.438 e. The van der Waals surface area contributed by atoms with Crippen LogP contribution in [0.15, 0.2) is 30.5 Å². The number of imidazole rings is 1. The van der Waals surface area contributed by atoms with Crippen LogP contribution in [0, 0.1) is 18.6 Å². The van der Waals surface area contributed by atoms with Crippen molar-refractivity contribution < 1.29 is 32.6 Å². The Morgan fingerprint density at radius 1 is 1.21 bits per heavy atom. The highest BCUT2D eigenvalue weighted by atomic mass is 19.1. The maximum absolute atomic E-state index is 15.6. The maximum Gasteiger partial charge on any atom is 0.410 e. The van der Waals surface area contributed by atoms with Crippen molar-refractivity contribution in [1.82, 2.24) is 14.3 Å². The lowest BCUT2D eigenvalue weighted by atomic mass is 10.0. The number of carbonyl (C=O) groups excluding carboxylic acids is 2. The van der Waals surface area contributed by atoms with Gasteiger partial charge in [-0.2, -0.15) is 0 Å². The van der Waals surface area contributed by atoms with Gasteiger partial charge < -0.3 is 28.4 Å². The summed E-state index contributed by atoms with van der Waals surface area (Å²) in [6, 6.07) is 6.12. The Kier molecular flexibility index (Phi) is 6.50. The zero-order valence-corrected chi connectivity index (χ0v) is 21.9. The first-order valence-electron chi connectivity index (χ1n) is 13.2. The van der Waals surface area contributed by atoms with Crippen molar-refractivity contribution in [2.24, 2.45) is 0 Å². The summed E-state index contributed by atoms with van der Waals surface area (Å²) in [5.41, 5.74) is 1.54. The second kappa shape index (κ2) is 9.87. The van der Waals surface area contributed by atoms with Crippen molar-refractivity contribution in [3.8, 4) is 11.3 Å². The van der Waals surface area contributed by atoms with Gasteiger partial charge >= 0.3 is 6.09 Å². The number of pyridine rings is 1. The molecule has 0 spiro atoms. The number of benzene rings is 1. The number of aryl methyl sites for hydroxylation is 1. The normalized spacial score (nSPS) is 20.9. The van der Waals surface area contributed by atoms with Crippen LogP contribution in [0.25, 0.3) is 16.9 Å². The summed E-state index contributed by atoms with van der Waals surface area (Å²) in [5.74, 6) is -1.74. The van der Waals surface area contributed by atoms with Crippen LogP contribution in [-0.2, 0) is 25.4 Å². The number of rotatable bonds is 5. The molecule has 1 atom stereocenters. The average molecular weight is 541 g/mol. The van der Waals surface area contributed by atoms with Crippen molar-refractivity contribution in [2.45, 2.75) is 44.8 Å². The highest BCUT2D eigenvalue weighted by Gasteiger charge is 2.40. The summed E-state index contributed by atoms with van der Waals surface area (Å²) < 4.78 is 49.7. The van der Waals surface area contributed by atoms with Crippen LogP contribution in [0.5, 0.6) is 0 Å². The number of carbonyl (C=O) groups is 2. The Bertz CT molecular complexity index is 1430. The first kappa shape index (κ1) is 25.7. The molecule has 39 heavy (non-hydrogen) atoms. The molecule has 0 unspecified atom stereocenters. The Labute approximate surface area is 224 Å². The molecule has 0 bridgehead atoms. The minimum absolute atomic E-state index is 0.151. The highest BCUT2D eigenvalue weighted by molar-refractivity contribution is 5.95. The second-order valence-electron chi connectivity index (χ2n) is 10.7. The lowest BCUT2D eigenvalue weighted by molar-refractivity contribution is -0.174. The number of morpholine rings is 1. The first-order chi connectivity index (χ1) is 18.7. The molecule has 3 fully saturated rings. The number of hydrogen-bond donors (Lipinski definition) is 0. The Morgan fingerprint density at radius 2 is 1.97 bits per heavy atom. The molecule has 0 N–H and O–H groups in total. The number of aromatic nitrogens is 2. The first-order valence-corrected chi connectivity index (χ1v) is 13.2. The summed E-state index contributed by atoms with van der Waals surface area (Å²) in [6.45, 7) is 5.84. The molecule has 0 radical (unpaired) electrons. The molecule has 3 aromatic rings. The van der Waals surface area contributed by atoms with E-state index in [1.807, 2.05) is 32.2 Å². The molecule has 3 aliphatic rings. The zero-order chi connectivity index (χ0) is 27.3. The van der Waals surface area contributed by atoms with Gasteiger partial charge in [0.1, 0.15) is 17.3 Å². The van der Waals surface area contributed by atoms with Crippen LogP contribution in [0.2, 0.25) is 0 Å². The SMILES string of the molecule is Cc1ccn2c(C[C@H]3CN(C(=O)OC4(C)COC4)CCO3)c(-c3c(F)cc(N4CCCC4=O)cc3F)nc2c1. The molecule has 3 aliphatic heterocycles. The fraction of sp³-hybridized carbons (Fsp3) is 0.464. The monoisotopic (exact) mass is 540 g/mol. The summed E-state index contributed by atoms with van der Waals surface area (Å²) in [6.07, 6.45) is 2.21. The topological polar surface area (TPSA) is 85.6 Å². The van der Waals surface area contributed by atoms with Crippen LogP contribution in [-0.4, -0.2) is 77.4 Å². The number of halogens is 2. The molecule has 3 saturated heterocycles. The third-order valence-corrected chi connectivity index (χ3v) is 7.50. The van der Waals surface area contributed by atoms with Crippen LogP contribution in [0.4, 0.5) is 19.3 Å². The molecule has 2 amide bonds. The van der Waals surface area contributed by atoms with E-state index >= 15 is 8.78 Å². The van der Waals surface area contributed by atoms with Gasteiger partial charge in [0.05, 0.1) is 49.4 Å². The molecule has 6 rings (SSSR count). The fourth-order valence-electron chi connectivity index (χ4n) is 5.40. The van der Waals surface area contributed by atoms with E-state index in [0.717, 1.165) is 5.56 Å². The van der Waals surface area contributed by atoms with E-state index in [9.17, 15) is 9.59 Å². The minimum atomic E-state index is -0.795. The van der Waals surface area contributed by atoms with Gasteiger partial charge in [0.15, 0.2) is 5.60 Å². The molecule has 206 valence electrons. The van der Waals surface area contributed by atoms with E-state index < -0.39 is 29.4 Å². The second-order valence-corrected chi connectivity index (χ2v) is 10.7. The smallest absolute Gasteiger partial charge is 0.410 e. The number of amides is 2. The Balaban J connectivity index is 1.32. The lowest BCUT2D eigenvalue weighted by Crippen LogP contribution is -2.54. The van der Waals surface area contributed by atoms with E-state index in [4.69, 9.17) is 14.2 Å². The molecule has 11 heteroatoms. The van der Waals surface area contributed by atoms with Crippen LogP contribution < -0.4 is 4.90 Å². The largest absolute Gasteiger partial charge is 0.438 e. The van der Waals surface area contributed by atoms with Crippen molar-refractivity contribution in [3.63, 3.8) is 0 Å². The molecule has 2 aromatic heterocycles. The Hall–Kier alpha value is -3.57. The fourth-order valence-corrected chi connectivity index (χ4v) is 5.40. The molecule has 1 aromatic carbocycles. The standard InChI is InChI=1S/C28H30F2N4O5/c1-17-5-7-34-22(13-19-14-32(8-9-38-19)27(36)39-28(2)15-37-16-28)26(31-23(34)10-17)25-20(29)11-18(12-21(25)30)33-6-3-4-24(33)35/h5,7,10-12,19H,3-4,6,8-9,13-16H2,1-2H3/t19-/m0/s1. The maximum atomic E-state index is 15.6. The van der Waals surface area contributed by atoms with E-state index in [1.165, 1.54) is 17.0 Å². The number of fused-ring (bicyclic) bond motifs is 1. The van der Waals surface area contributed by atoms with Gasteiger partial charge in [0, 0.05) is 37.8 Å². The van der Waals surface area contributed by atoms with E-state index in [1.54, 1.807) is 9.30 Å². The van der Waals surface area contributed by atoms with Crippen LogP contribution in [0.3, 0.4) is 0 Å². The lowest BCUT2D eigenvalue weighted by Gasteiger charge is -2.40. The third kappa shape index (κ3) is 4.85. The van der Waals surface area contributed by atoms with Gasteiger partial charge in [-0.15, -0.1) is 0 Å².